The zero-order valence-corrected chi connectivity index (χ0v) is 24.0. The maximum atomic E-state index is 12.1. The molecule has 4 aliphatic rings. The molecule has 0 spiro atoms. The van der Waals surface area contributed by atoms with E-state index in [1.807, 2.05) is 24.3 Å². The highest BCUT2D eigenvalue weighted by molar-refractivity contribution is 6.89. The molecule has 0 radical (unpaired) electrons. The van der Waals surface area contributed by atoms with Crippen LogP contribution < -0.4 is 5.19 Å². The average Bonchev–Trinajstić information content (AvgIpc) is 3.28. The maximum Gasteiger partial charge on any atom is 0.106 e. The molecule has 0 saturated heterocycles. The molecule has 40 heavy (non-hydrogen) atoms. The van der Waals surface area contributed by atoms with Crippen molar-refractivity contribution in [2.24, 2.45) is 0 Å². The summed E-state index contributed by atoms with van der Waals surface area (Å²) in [6.45, 7) is 7.38. The molecular weight excluding hydrogens is 501 g/mol. The van der Waals surface area contributed by atoms with Gasteiger partial charge >= 0.3 is 0 Å². The smallest absolute Gasteiger partial charge is 0.106 e. The highest BCUT2D eigenvalue weighted by Gasteiger charge is 2.49. The lowest BCUT2D eigenvalue weighted by Crippen LogP contribution is -2.47. The Morgan fingerprint density at radius 3 is 1.62 bits per heavy atom. The van der Waals surface area contributed by atoms with Crippen molar-refractivity contribution in [1.29, 1.82) is 0 Å². The fourth-order valence-electron chi connectivity index (χ4n) is 7.69. The van der Waals surface area contributed by atoms with Gasteiger partial charge in [0.05, 0.1) is 8.07 Å². The largest absolute Gasteiger partial charge is 0.384 e. The van der Waals surface area contributed by atoms with Gasteiger partial charge in [-0.05, 0) is 67.4 Å². The topological polar surface area (TPSA) is 20.2 Å². The highest BCUT2D eigenvalue weighted by atomic mass is 28.3. The summed E-state index contributed by atoms with van der Waals surface area (Å²) in [5.74, 6) is 7.51. The van der Waals surface area contributed by atoms with Crippen LogP contribution in [0.2, 0.25) is 19.6 Å². The first-order valence-electron chi connectivity index (χ1n) is 14.2. The second kappa shape index (κ2) is 8.42. The Balaban J connectivity index is 1.56. The number of aliphatic hydroxyl groups excluding tert-OH is 1. The summed E-state index contributed by atoms with van der Waals surface area (Å²) < 4.78 is 0. The second-order valence-corrected chi connectivity index (χ2v) is 17.3. The Labute approximate surface area is 237 Å². The van der Waals surface area contributed by atoms with E-state index >= 15 is 0 Å². The van der Waals surface area contributed by atoms with Crippen LogP contribution in [0.1, 0.15) is 73.6 Å². The SMILES string of the molecule is C[Si](C)(C)c1c(C#Cc2ccccc2)c2c(c3c1C1c4ccccc4C3c3ccccc31)C(O)c1ccccc1-2. The lowest BCUT2D eigenvalue weighted by atomic mass is 9.59. The van der Waals surface area contributed by atoms with Crippen LogP contribution in [0.5, 0.6) is 0 Å². The minimum atomic E-state index is -1.95. The molecular formula is C38H30OSi. The molecule has 0 amide bonds. The molecule has 5 aromatic rings. The van der Waals surface area contributed by atoms with Gasteiger partial charge in [0.1, 0.15) is 6.10 Å². The van der Waals surface area contributed by atoms with E-state index < -0.39 is 14.2 Å². The molecule has 192 valence electrons. The number of hydrogen-bond donors (Lipinski definition) is 1. The third kappa shape index (κ3) is 3.14. The number of rotatable bonds is 1. The molecule has 1 N–H and O–H groups in total. The average molecular weight is 531 g/mol. The van der Waals surface area contributed by atoms with Crippen LogP contribution >= 0.6 is 0 Å². The van der Waals surface area contributed by atoms with Crippen molar-refractivity contribution in [3.05, 3.63) is 159 Å². The summed E-state index contributed by atoms with van der Waals surface area (Å²) in [6, 6.07) is 36.7. The van der Waals surface area contributed by atoms with Gasteiger partial charge in [0.15, 0.2) is 0 Å². The van der Waals surface area contributed by atoms with Gasteiger partial charge in [-0.3, -0.25) is 0 Å². The Morgan fingerprint density at radius 2 is 1.05 bits per heavy atom. The molecule has 0 heterocycles. The quantitative estimate of drug-likeness (QED) is 0.170. The van der Waals surface area contributed by atoms with Crippen LogP contribution in [-0.4, -0.2) is 13.2 Å². The van der Waals surface area contributed by atoms with Crippen molar-refractivity contribution in [2.45, 2.75) is 37.6 Å². The van der Waals surface area contributed by atoms with E-state index in [1.54, 1.807) is 0 Å². The number of hydrogen-bond acceptors (Lipinski definition) is 1. The van der Waals surface area contributed by atoms with Crippen molar-refractivity contribution in [3.63, 3.8) is 0 Å². The van der Waals surface area contributed by atoms with Crippen molar-refractivity contribution in [2.75, 3.05) is 0 Å². The molecule has 0 aromatic heterocycles. The van der Waals surface area contributed by atoms with E-state index in [-0.39, 0.29) is 11.8 Å². The van der Waals surface area contributed by atoms with Gasteiger partial charge in [-0.15, -0.1) is 0 Å². The summed E-state index contributed by atoms with van der Waals surface area (Å²) >= 11 is 0. The zero-order valence-electron chi connectivity index (χ0n) is 23.0. The van der Waals surface area contributed by atoms with Gasteiger partial charge in [-0.2, -0.15) is 0 Å². The van der Waals surface area contributed by atoms with Gasteiger partial charge in [0, 0.05) is 28.5 Å². The molecule has 0 aliphatic heterocycles. The maximum absolute atomic E-state index is 12.1. The van der Waals surface area contributed by atoms with E-state index in [1.165, 1.54) is 38.6 Å². The third-order valence-corrected chi connectivity index (χ3v) is 11.1. The van der Waals surface area contributed by atoms with E-state index in [2.05, 4.69) is 110 Å². The lowest BCUT2D eigenvalue weighted by Gasteiger charge is -2.46. The van der Waals surface area contributed by atoms with Crippen LogP contribution in [0.4, 0.5) is 0 Å². The van der Waals surface area contributed by atoms with Crippen molar-refractivity contribution in [3.8, 4) is 23.0 Å². The molecule has 2 heteroatoms. The summed E-state index contributed by atoms with van der Waals surface area (Å²) in [7, 11) is -1.95. The normalized spacial score (nSPS) is 19.1. The summed E-state index contributed by atoms with van der Waals surface area (Å²) in [5, 5.41) is 13.5. The Bertz CT molecular complexity index is 1870. The van der Waals surface area contributed by atoms with Gasteiger partial charge in [-0.25, -0.2) is 0 Å². The van der Waals surface area contributed by atoms with Crippen molar-refractivity contribution < 1.29 is 5.11 Å². The van der Waals surface area contributed by atoms with Crippen LogP contribution in [-0.2, 0) is 0 Å². The molecule has 1 nitrogen and oxygen atoms in total. The van der Waals surface area contributed by atoms with Crippen LogP contribution in [0.3, 0.4) is 0 Å². The third-order valence-electron chi connectivity index (χ3n) is 9.09. The molecule has 2 bridgehead atoms. The lowest BCUT2D eigenvalue weighted by molar-refractivity contribution is 0.223. The highest BCUT2D eigenvalue weighted by Crippen LogP contribution is 2.60. The van der Waals surface area contributed by atoms with Gasteiger partial charge in [-0.1, -0.05) is 122 Å². The minimum absolute atomic E-state index is 0.108. The van der Waals surface area contributed by atoms with E-state index in [9.17, 15) is 5.11 Å². The van der Waals surface area contributed by atoms with Crippen molar-refractivity contribution in [1.82, 2.24) is 0 Å². The molecule has 1 unspecified atom stereocenters. The predicted octanol–water partition coefficient (Wildman–Crippen LogP) is 7.68. The Morgan fingerprint density at radius 1 is 0.550 bits per heavy atom. The van der Waals surface area contributed by atoms with Crippen LogP contribution in [0, 0.1) is 11.8 Å². The summed E-state index contributed by atoms with van der Waals surface area (Å²) in [5.41, 5.74) is 14.8. The summed E-state index contributed by atoms with van der Waals surface area (Å²) in [4.78, 5) is 0. The zero-order chi connectivity index (χ0) is 27.2. The first-order valence-corrected chi connectivity index (χ1v) is 17.7. The van der Waals surface area contributed by atoms with E-state index in [0.717, 1.165) is 33.4 Å². The molecule has 5 aromatic carbocycles. The molecule has 1 atom stereocenters. The molecule has 9 rings (SSSR count). The van der Waals surface area contributed by atoms with E-state index in [0.29, 0.717) is 0 Å². The number of fused-ring (bicyclic) bond motifs is 3. The Hall–Kier alpha value is -4.16. The first-order chi connectivity index (χ1) is 19.4. The minimum Gasteiger partial charge on any atom is -0.384 e. The predicted molar refractivity (Wildman–Crippen MR) is 166 cm³/mol. The monoisotopic (exact) mass is 530 g/mol. The van der Waals surface area contributed by atoms with E-state index in [4.69, 9.17) is 0 Å². The standard InChI is InChI=1S/C38H30OSi/c1-40(2,3)38-30(22-21-23-13-5-4-6-14-23)33-28-19-11-12-20-29(28)37(39)35(33)34-31-24-15-7-9-17-26(24)32(36(34)38)27-18-10-8-16-25(27)31/h4-20,31-32,37,39H,1-3H3. The molecule has 4 aliphatic carbocycles. The van der Waals surface area contributed by atoms with Gasteiger partial charge in [0.25, 0.3) is 0 Å². The van der Waals surface area contributed by atoms with Crippen LogP contribution in [0.15, 0.2) is 103 Å². The summed E-state index contributed by atoms with van der Waals surface area (Å²) in [6.07, 6.45) is -0.661. The fourth-order valence-corrected chi connectivity index (χ4v) is 9.72. The van der Waals surface area contributed by atoms with Gasteiger partial charge < -0.3 is 5.11 Å². The second-order valence-electron chi connectivity index (χ2n) is 12.3. The number of aliphatic hydroxyl groups is 1. The first kappa shape index (κ1) is 23.7. The fraction of sp³-hybridized carbons (Fsp3) is 0.158. The number of benzene rings is 5. The molecule has 0 fully saturated rings. The Kier molecular flexibility index (Phi) is 4.99. The molecule has 0 saturated carbocycles. The van der Waals surface area contributed by atoms with Crippen molar-refractivity contribution >= 4 is 13.3 Å². The van der Waals surface area contributed by atoms with Gasteiger partial charge in [0.2, 0.25) is 0 Å². The van der Waals surface area contributed by atoms with Crippen LogP contribution in [0.25, 0.3) is 11.1 Å².